The van der Waals surface area contributed by atoms with E-state index in [1.54, 1.807) is 31.3 Å². The van der Waals surface area contributed by atoms with Crippen LogP contribution in [0.25, 0.3) is 10.9 Å². The number of nitrogens with one attached hydrogen (secondary N) is 1. The molecule has 2 atom stereocenters. The minimum absolute atomic E-state index is 0.0911. The molecule has 36 heavy (non-hydrogen) atoms. The highest BCUT2D eigenvalue weighted by atomic mass is 19.1. The van der Waals surface area contributed by atoms with Crippen LogP contribution in [0, 0.1) is 5.82 Å². The monoisotopic (exact) mass is 496 g/mol. The number of amides is 3. The lowest BCUT2D eigenvalue weighted by Gasteiger charge is -2.27. The summed E-state index contributed by atoms with van der Waals surface area (Å²) in [5.41, 5.74) is 1.01. The molecule has 4 rings (SSSR count). The van der Waals surface area contributed by atoms with E-state index in [0.717, 1.165) is 4.90 Å². The maximum absolute atomic E-state index is 14.1. The largest absolute Gasteiger partial charge is 0.489 e. The van der Waals surface area contributed by atoms with Crippen LogP contribution in [0.4, 0.5) is 14.9 Å². The molecule has 0 spiro atoms. The van der Waals surface area contributed by atoms with Crippen molar-refractivity contribution in [3.63, 3.8) is 0 Å². The fourth-order valence-electron chi connectivity index (χ4n) is 4.06. The molecule has 1 aromatic heterocycles. The van der Waals surface area contributed by atoms with Gasteiger partial charge in [0.1, 0.15) is 30.3 Å². The van der Waals surface area contributed by atoms with Crippen molar-refractivity contribution in [2.24, 2.45) is 7.05 Å². The second kappa shape index (κ2) is 9.68. The van der Waals surface area contributed by atoms with E-state index in [2.05, 4.69) is 5.32 Å². The number of hydrogen-bond acceptors (Lipinski definition) is 5. The van der Waals surface area contributed by atoms with Gasteiger partial charge in [-0.2, -0.15) is 0 Å². The third-order valence-corrected chi connectivity index (χ3v) is 6.33. The van der Waals surface area contributed by atoms with Crippen LogP contribution in [0.2, 0.25) is 0 Å². The number of rotatable bonds is 5. The van der Waals surface area contributed by atoms with Gasteiger partial charge in [0, 0.05) is 25.5 Å². The Morgan fingerprint density at radius 1 is 1.22 bits per heavy atom. The number of anilines is 1. The lowest BCUT2D eigenvalue weighted by molar-refractivity contribution is -0.130. The molecule has 0 saturated heterocycles. The number of aryl methyl sites for hydroxylation is 1. The molecule has 2 N–H and O–H groups in total. The van der Waals surface area contributed by atoms with E-state index in [1.165, 1.54) is 47.7 Å². The molecule has 0 aliphatic carbocycles. The number of fused-ring (bicyclic) bond motifs is 2. The number of pyridine rings is 1. The minimum Gasteiger partial charge on any atom is -0.489 e. The predicted molar refractivity (Wildman–Crippen MR) is 129 cm³/mol. The topological polar surface area (TPSA) is 121 Å². The Hall–Kier alpha value is -4.41. The second-order valence-electron chi connectivity index (χ2n) is 8.56. The van der Waals surface area contributed by atoms with E-state index < -0.39 is 35.8 Å². The highest BCUT2D eigenvalue weighted by molar-refractivity contribution is 6.02. The molecule has 2 aromatic carbocycles. The molecule has 3 amide bonds. The lowest BCUT2D eigenvalue weighted by atomic mass is 10.1. The highest BCUT2D eigenvalue weighted by Crippen LogP contribution is 2.33. The summed E-state index contributed by atoms with van der Waals surface area (Å²) in [6, 6.07) is 10.00. The van der Waals surface area contributed by atoms with Crippen LogP contribution in [0.5, 0.6) is 5.75 Å². The van der Waals surface area contributed by atoms with Gasteiger partial charge in [-0.3, -0.25) is 19.3 Å². The van der Waals surface area contributed by atoms with Crippen molar-refractivity contribution in [1.82, 2.24) is 14.8 Å². The maximum Gasteiger partial charge on any atom is 0.407 e. The summed E-state index contributed by atoms with van der Waals surface area (Å²) in [6.45, 7) is 1.12. The second-order valence-corrected chi connectivity index (χ2v) is 8.56. The Balaban J connectivity index is 1.73. The normalized spacial score (nSPS) is 16.1. The van der Waals surface area contributed by atoms with Gasteiger partial charge in [-0.15, -0.1) is 0 Å². The quantitative estimate of drug-likeness (QED) is 0.558. The van der Waals surface area contributed by atoms with E-state index in [9.17, 15) is 23.6 Å². The van der Waals surface area contributed by atoms with Crippen LogP contribution >= 0.6 is 0 Å². The Labute approximate surface area is 205 Å². The van der Waals surface area contributed by atoms with Crippen molar-refractivity contribution in [1.29, 1.82) is 0 Å². The smallest absolute Gasteiger partial charge is 0.407 e. The fraction of sp³-hybridized carbons (Fsp3) is 0.280. The molecule has 3 aromatic rings. The first kappa shape index (κ1) is 24.7. The van der Waals surface area contributed by atoms with Gasteiger partial charge in [0.15, 0.2) is 0 Å². The number of likely N-dealkylation sites (N-methyl/N-ethyl adjacent to an activating group) is 1. The van der Waals surface area contributed by atoms with Crippen LogP contribution in [0.15, 0.2) is 53.3 Å². The van der Waals surface area contributed by atoms with E-state index in [-0.39, 0.29) is 18.7 Å². The van der Waals surface area contributed by atoms with Gasteiger partial charge >= 0.3 is 6.09 Å². The molecule has 0 bridgehead atoms. The number of benzene rings is 2. The van der Waals surface area contributed by atoms with Crippen LogP contribution in [-0.4, -0.2) is 58.2 Å². The highest BCUT2D eigenvalue weighted by Gasteiger charge is 2.34. The molecule has 1 aliphatic rings. The van der Waals surface area contributed by atoms with Crippen molar-refractivity contribution >= 4 is 34.5 Å². The standard InChI is InChI=1S/C25H25FN4O6/c1-14(28(2)25(34)35)23(32)27-18-13-36-21-7-5-4-6-20(21)30(24(18)33)12-15-10-22(31)29(3)19-9-8-16(26)11-17(15)19/h4-11,14,18H,12-13H2,1-3H3,(H,27,32)(H,34,35)/t14-,18-/m0/s1. The molecule has 0 radical (unpaired) electrons. The van der Waals surface area contributed by atoms with Crippen molar-refractivity contribution in [3.05, 3.63) is 70.3 Å². The lowest BCUT2D eigenvalue weighted by Crippen LogP contribution is -2.55. The molecule has 1 aliphatic heterocycles. The van der Waals surface area contributed by atoms with Crippen LogP contribution in [0.1, 0.15) is 12.5 Å². The summed E-state index contributed by atoms with van der Waals surface area (Å²) < 4.78 is 21.3. The number of aromatic nitrogens is 1. The first-order valence-electron chi connectivity index (χ1n) is 11.2. The number of ether oxygens (including phenoxy) is 1. The first-order chi connectivity index (χ1) is 17.1. The zero-order chi connectivity index (χ0) is 26.1. The van der Waals surface area contributed by atoms with E-state index >= 15 is 0 Å². The number of halogens is 1. The molecular formula is C25H25FN4O6. The average molecular weight is 496 g/mol. The molecule has 0 unspecified atom stereocenters. The Morgan fingerprint density at radius 2 is 1.94 bits per heavy atom. The van der Waals surface area contributed by atoms with Crippen LogP contribution in [0.3, 0.4) is 0 Å². The summed E-state index contributed by atoms with van der Waals surface area (Å²) in [5, 5.41) is 12.2. The minimum atomic E-state index is -1.29. The third kappa shape index (κ3) is 4.59. The number of carbonyl (C=O) groups excluding carboxylic acids is 2. The van der Waals surface area contributed by atoms with E-state index in [1.807, 2.05) is 0 Å². The van der Waals surface area contributed by atoms with Crippen LogP contribution in [-0.2, 0) is 23.2 Å². The number of hydrogen-bond donors (Lipinski definition) is 2. The summed E-state index contributed by atoms with van der Waals surface area (Å²) in [5.74, 6) is -1.30. The summed E-state index contributed by atoms with van der Waals surface area (Å²) in [4.78, 5) is 52.4. The molecule has 188 valence electrons. The SMILES string of the molecule is C[C@@H](C(=O)N[C@H]1COc2ccccc2N(Cc2cc(=O)n(C)c3ccc(F)cc23)C1=O)N(C)C(=O)O. The van der Waals surface area contributed by atoms with Crippen molar-refractivity contribution in [3.8, 4) is 5.75 Å². The molecule has 10 nitrogen and oxygen atoms in total. The first-order valence-corrected chi connectivity index (χ1v) is 11.2. The Morgan fingerprint density at radius 3 is 2.67 bits per heavy atom. The van der Waals surface area contributed by atoms with Crippen molar-refractivity contribution in [2.45, 2.75) is 25.6 Å². The molecule has 11 heteroatoms. The fourth-order valence-corrected chi connectivity index (χ4v) is 4.06. The van der Waals surface area contributed by atoms with E-state index in [0.29, 0.717) is 27.9 Å². The molecule has 2 heterocycles. The van der Waals surface area contributed by atoms with Crippen molar-refractivity contribution in [2.75, 3.05) is 18.6 Å². The number of carboxylic acid groups (broad SMARTS) is 1. The van der Waals surface area contributed by atoms with Crippen molar-refractivity contribution < 1.29 is 28.6 Å². The van der Waals surface area contributed by atoms with Gasteiger partial charge < -0.3 is 24.6 Å². The van der Waals surface area contributed by atoms with Gasteiger partial charge in [-0.1, -0.05) is 12.1 Å². The molecule has 0 saturated carbocycles. The summed E-state index contributed by atoms with van der Waals surface area (Å²) >= 11 is 0. The van der Waals surface area contributed by atoms with Gasteiger partial charge in [-0.05, 0) is 42.8 Å². The molecular weight excluding hydrogens is 471 g/mol. The van der Waals surface area contributed by atoms with E-state index in [4.69, 9.17) is 9.84 Å². The van der Waals surface area contributed by atoms with Gasteiger partial charge in [-0.25, -0.2) is 9.18 Å². The van der Waals surface area contributed by atoms with Gasteiger partial charge in [0.2, 0.25) is 5.91 Å². The summed E-state index contributed by atoms with van der Waals surface area (Å²) in [6.07, 6.45) is -1.29. The zero-order valence-electron chi connectivity index (χ0n) is 19.9. The van der Waals surface area contributed by atoms with Gasteiger partial charge in [0.05, 0.1) is 17.7 Å². The number of carbonyl (C=O) groups is 3. The summed E-state index contributed by atoms with van der Waals surface area (Å²) in [7, 11) is 2.83. The number of para-hydroxylation sites is 2. The van der Waals surface area contributed by atoms with Gasteiger partial charge in [0.25, 0.3) is 11.5 Å². The third-order valence-electron chi connectivity index (χ3n) is 6.33. The zero-order valence-corrected chi connectivity index (χ0v) is 19.9. The molecule has 0 fully saturated rings. The predicted octanol–water partition coefficient (Wildman–Crippen LogP) is 2.09. The Kier molecular flexibility index (Phi) is 6.65. The number of nitrogens with zero attached hydrogens (tertiary/aromatic N) is 3. The maximum atomic E-state index is 14.1. The average Bonchev–Trinajstić information content (AvgIpc) is 2.98. The van der Waals surface area contributed by atoms with Crippen LogP contribution < -0.4 is 20.5 Å². The Bertz CT molecular complexity index is 1420.